The predicted molar refractivity (Wildman–Crippen MR) is 131 cm³/mol. The van der Waals surface area contributed by atoms with Gasteiger partial charge in [0.25, 0.3) is 0 Å². The van der Waals surface area contributed by atoms with Crippen LogP contribution in [0.5, 0.6) is 0 Å². The van der Waals surface area contributed by atoms with Crippen molar-refractivity contribution in [1.82, 2.24) is 24.8 Å². The Bertz CT molecular complexity index is 1370. The summed E-state index contributed by atoms with van der Waals surface area (Å²) in [5, 5.41) is 6.24. The van der Waals surface area contributed by atoms with Crippen molar-refractivity contribution in [3.05, 3.63) is 54.1 Å². The third-order valence-electron chi connectivity index (χ3n) is 6.93. The van der Waals surface area contributed by atoms with E-state index in [0.29, 0.717) is 23.1 Å². The van der Waals surface area contributed by atoms with Crippen molar-refractivity contribution in [2.75, 3.05) is 43.2 Å². The fourth-order valence-electron chi connectivity index (χ4n) is 5.22. The van der Waals surface area contributed by atoms with Gasteiger partial charge >= 0.3 is 0 Å². The van der Waals surface area contributed by atoms with Crippen LogP contribution in [0, 0.1) is 5.41 Å². The fraction of sp³-hybridized carbons (Fsp3) is 0.417. The number of nitrogens with zero attached hydrogens (tertiary/aromatic N) is 5. The number of nitrogens with one attached hydrogen (secondary N) is 2. The van der Waals surface area contributed by atoms with Gasteiger partial charge in [-0.25, -0.2) is 28.4 Å². The first kappa shape index (κ1) is 22.3. The number of rotatable bonds is 6. The SMILES string of the molecule is CS(=O)(=O)c1cccnc1Nc1cc(Nc2ccc3c(n2)CCC[C@H]3N2CC3(COC3)C2)ncn1. The molecular weight excluding hydrogens is 466 g/mol. The molecule has 10 nitrogen and oxygen atoms in total. The van der Waals surface area contributed by atoms with Gasteiger partial charge in [-0.2, -0.15) is 0 Å². The zero-order valence-electron chi connectivity index (χ0n) is 19.4. The van der Waals surface area contributed by atoms with Crippen molar-refractivity contribution in [1.29, 1.82) is 0 Å². The van der Waals surface area contributed by atoms with Crippen LogP contribution in [-0.4, -0.2) is 65.8 Å². The number of aryl methyl sites for hydroxylation is 1. The van der Waals surface area contributed by atoms with Crippen molar-refractivity contribution in [3.63, 3.8) is 0 Å². The van der Waals surface area contributed by atoms with Crippen LogP contribution in [0.3, 0.4) is 0 Å². The van der Waals surface area contributed by atoms with Gasteiger partial charge in [0.2, 0.25) is 0 Å². The lowest BCUT2D eigenvalue weighted by Gasteiger charge is -2.58. The molecule has 3 aliphatic rings. The van der Waals surface area contributed by atoms with Crippen LogP contribution in [0.2, 0.25) is 0 Å². The van der Waals surface area contributed by atoms with Gasteiger partial charge in [0.1, 0.15) is 34.5 Å². The van der Waals surface area contributed by atoms with E-state index in [9.17, 15) is 8.42 Å². The molecule has 0 aromatic carbocycles. The van der Waals surface area contributed by atoms with Gasteiger partial charge in [-0.3, -0.25) is 4.90 Å². The molecule has 1 aliphatic carbocycles. The first-order valence-electron chi connectivity index (χ1n) is 11.7. The molecule has 3 aromatic heterocycles. The van der Waals surface area contributed by atoms with E-state index in [1.165, 1.54) is 30.6 Å². The third-order valence-corrected chi connectivity index (χ3v) is 8.06. The summed E-state index contributed by atoms with van der Waals surface area (Å²) in [7, 11) is -3.44. The van der Waals surface area contributed by atoms with Gasteiger partial charge < -0.3 is 15.4 Å². The molecule has 35 heavy (non-hydrogen) atoms. The molecule has 5 heterocycles. The first-order chi connectivity index (χ1) is 16.9. The molecule has 6 rings (SSSR count). The molecule has 1 spiro atoms. The minimum absolute atomic E-state index is 0.108. The number of likely N-dealkylation sites (tertiary alicyclic amines) is 1. The Labute approximate surface area is 204 Å². The minimum Gasteiger partial charge on any atom is -0.380 e. The van der Waals surface area contributed by atoms with E-state index in [1.54, 1.807) is 12.1 Å². The Hall–Kier alpha value is -3.15. The molecule has 3 aromatic rings. The van der Waals surface area contributed by atoms with Gasteiger partial charge in [0.05, 0.1) is 13.2 Å². The molecule has 2 saturated heterocycles. The maximum absolute atomic E-state index is 12.1. The maximum atomic E-state index is 12.1. The number of ether oxygens (including phenoxy) is 1. The number of aromatic nitrogens is 4. The summed E-state index contributed by atoms with van der Waals surface area (Å²) in [6, 6.07) is 9.41. The van der Waals surface area contributed by atoms with Gasteiger partial charge in [-0.15, -0.1) is 0 Å². The summed E-state index contributed by atoms with van der Waals surface area (Å²) in [5.74, 6) is 1.92. The average Bonchev–Trinajstić information content (AvgIpc) is 2.77. The molecule has 11 heteroatoms. The van der Waals surface area contributed by atoms with Gasteiger partial charge in [0.15, 0.2) is 9.84 Å². The van der Waals surface area contributed by atoms with Crippen molar-refractivity contribution in [2.24, 2.45) is 5.41 Å². The highest BCUT2D eigenvalue weighted by molar-refractivity contribution is 7.90. The number of pyridine rings is 2. The number of hydrogen-bond donors (Lipinski definition) is 2. The fourth-order valence-corrected chi connectivity index (χ4v) is 6.00. The van der Waals surface area contributed by atoms with E-state index in [4.69, 9.17) is 9.72 Å². The summed E-state index contributed by atoms with van der Waals surface area (Å²) >= 11 is 0. The van der Waals surface area contributed by atoms with E-state index in [0.717, 1.165) is 56.9 Å². The van der Waals surface area contributed by atoms with Gasteiger partial charge in [-0.05, 0) is 43.0 Å². The number of anilines is 4. The summed E-state index contributed by atoms with van der Waals surface area (Å²) in [5.41, 5.74) is 2.86. The maximum Gasteiger partial charge on any atom is 0.179 e. The predicted octanol–water partition coefficient (Wildman–Crippen LogP) is 2.87. The molecule has 2 fully saturated rings. The molecular formula is C24H27N7O3S. The highest BCUT2D eigenvalue weighted by atomic mass is 32.2. The average molecular weight is 494 g/mol. The van der Waals surface area contributed by atoms with Crippen LogP contribution < -0.4 is 10.6 Å². The smallest absolute Gasteiger partial charge is 0.179 e. The largest absolute Gasteiger partial charge is 0.380 e. The van der Waals surface area contributed by atoms with E-state index in [1.807, 2.05) is 6.07 Å². The second-order valence-corrected chi connectivity index (χ2v) is 11.7. The zero-order valence-corrected chi connectivity index (χ0v) is 20.3. The lowest BCUT2D eigenvalue weighted by atomic mass is 9.75. The molecule has 0 amide bonds. The Morgan fingerprint density at radius 2 is 1.86 bits per heavy atom. The Morgan fingerprint density at radius 3 is 2.60 bits per heavy atom. The normalized spacial score (nSPS) is 21.0. The number of sulfone groups is 1. The van der Waals surface area contributed by atoms with Crippen LogP contribution in [0.4, 0.5) is 23.3 Å². The monoisotopic (exact) mass is 493 g/mol. The number of hydrogen-bond acceptors (Lipinski definition) is 10. The van der Waals surface area contributed by atoms with E-state index < -0.39 is 9.84 Å². The van der Waals surface area contributed by atoms with Crippen molar-refractivity contribution >= 4 is 33.1 Å². The van der Waals surface area contributed by atoms with Gasteiger partial charge in [0, 0.05) is 48.8 Å². The van der Waals surface area contributed by atoms with Gasteiger partial charge in [-0.1, -0.05) is 6.07 Å². The minimum atomic E-state index is -3.44. The van der Waals surface area contributed by atoms with Crippen molar-refractivity contribution in [3.8, 4) is 0 Å². The zero-order chi connectivity index (χ0) is 24.0. The van der Waals surface area contributed by atoms with Crippen molar-refractivity contribution < 1.29 is 13.2 Å². The summed E-state index contributed by atoms with van der Waals surface area (Å²) in [4.78, 5) is 20.2. The van der Waals surface area contributed by atoms with Crippen molar-refractivity contribution in [2.45, 2.75) is 30.2 Å². The second-order valence-electron chi connectivity index (χ2n) is 9.70. The van der Waals surface area contributed by atoms with E-state index in [2.05, 4.69) is 36.6 Å². The molecule has 1 atom stereocenters. The first-order valence-corrected chi connectivity index (χ1v) is 13.6. The molecule has 0 unspecified atom stereocenters. The Morgan fingerprint density at radius 1 is 1.06 bits per heavy atom. The second kappa shape index (κ2) is 8.51. The van der Waals surface area contributed by atoms with Crippen LogP contribution in [-0.2, 0) is 21.0 Å². The molecule has 0 radical (unpaired) electrons. The highest BCUT2D eigenvalue weighted by Gasteiger charge is 2.51. The number of fused-ring (bicyclic) bond motifs is 1. The van der Waals surface area contributed by atoms with Crippen LogP contribution in [0.1, 0.15) is 30.1 Å². The van der Waals surface area contributed by atoms with Crippen LogP contribution >= 0.6 is 0 Å². The van der Waals surface area contributed by atoms with Crippen LogP contribution in [0.15, 0.2) is 47.8 Å². The topological polar surface area (TPSA) is 122 Å². The highest BCUT2D eigenvalue weighted by Crippen LogP contribution is 2.45. The lowest BCUT2D eigenvalue weighted by molar-refractivity contribution is -0.200. The molecule has 0 bridgehead atoms. The lowest BCUT2D eigenvalue weighted by Crippen LogP contribution is -2.66. The Kier molecular flexibility index (Phi) is 5.42. The molecule has 2 N–H and O–H groups in total. The van der Waals surface area contributed by atoms with Crippen LogP contribution in [0.25, 0.3) is 0 Å². The Balaban J connectivity index is 1.18. The molecule has 2 aliphatic heterocycles. The van der Waals surface area contributed by atoms with E-state index in [-0.39, 0.29) is 10.7 Å². The molecule has 0 saturated carbocycles. The molecule has 182 valence electrons. The summed E-state index contributed by atoms with van der Waals surface area (Å²) in [6.07, 6.45) is 7.35. The summed E-state index contributed by atoms with van der Waals surface area (Å²) in [6.45, 7) is 4.03. The summed E-state index contributed by atoms with van der Waals surface area (Å²) < 4.78 is 29.6. The quantitative estimate of drug-likeness (QED) is 0.530. The third kappa shape index (κ3) is 4.35. The standard InChI is InChI=1S/C24H27N7O3S/c1-35(32,33)19-6-3-9-25-23(19)30-22-10-21(26-15-27-22)29-20-8-7-16-17(28-20)4-2-5-18(16)31-11-24(12-31)13-34-14-24/h3,6-10,15,18H,2,4-5,11-14H2,1H3,(H2,25,26,27,28,29,30)/t18-/m1/s1. The van der Waals surface area contributed by atoms with E-state index >= 15 is 0 Å².